The number of amides is 1. The molecule has 110 valence electrons. The predicted molar refractivity (Wildman–Crippen MR) is 78.9 cm³/mol. The maximum Gasteiger partial charge on any atom is 0.335 e. The average Bonchev–Trinajstić information content (AvgIpc) is 2.83. The SMILES string of the molecule is CC(=O)Nc1nc(COc2ccc(C(=O)O)cc2C)cs1. The summed E-state index contributed by atoms with van der Waals surface area (Å²) in [6.07, 6.45) is 0. The minimum atomic E-state index is -0.968. The summed E-state index contributed by atoms with van der Waals surface area (Å²) >= 11 is 1.32. The molecule has 0 unspecified atom stereocenters. The molecule has 2 rings (SSSR count). The van der Waals surface area contributed by atoms with E-state index in [1.807, 2.05) is 0 Å². The molecule has 7 heteroatoms. The van der Waals surface area contributed by atoms with Crippen molar-refractivity contribution in [3.05, 3.63) is 40.4 Å². The van der Waals surface area contributed by atoms with Crippen molar-refractivity contribution in [2.75, 3.05) is 5.32 Å². The van der Waals surface area contributed by atoms with Gasteiger partial charge in [0.15, 0.2) is 5.13 Å². The standard InChI is InChI=1S/C14H14N2O4S/c1-8-5-10(13(18)19)3-4-12(8)20-6-11-7-21-14(16-11)15-9(2)17/h3-5,7H,6H2,1-2H3,(H,18,19)(H,15,16,17). The van der Waals surface area contributed by atoms with Gasteiger partial charge in [0, 0.05) is 12.3 Å². The number of anilines is 1. The summed E-state index contributed by atoms with van der Waals surface area (Å²) < 4.78 is 5.61. The number of nitrogens with one attached hydrogen (secondary N) is 1. The molecule has 0 radical (unpaired) electrons. The van der Waals surface area contributed by atoms with E-state index in [9.17, 15) is 9.59 Å². The lowest BCUT2D eigenvalue weighted by Gasteiger charge is -2.08. The first-order chi connectivity index (χ1) is 9.95. The molecule has 0 fully saturated rings. The van der Waals surface area contributed by atoms with Crippen LogP contribution in [-0.2, 0) is 11.4 Å². The van der Waals surface area contributed by atoms with Gasteiger partial charge in [-0.2, -0.15) is 0 Å². The van der Waals surface area contributed by atoms with Crippen molar-refractivity contribution in [1.82, 2.24) is 4.98 Å². The van der Waals surface area contributed by atoms with Gasteiger partial charge in [0.1, 0.15) is 12.4 Å². The van der Waals surface area contributed by atoms with Gasteiger partial charge in [-0.3, -0.25) is 4.79 Å². The summed E-state index contributed by atoms with van der Waals surface area (Å²) in [6.45, 7) is 3.46. The lowest BCUT2D eigenvalue weighted by Crippen LogP contribution is -2.05. The minimum Gasteiger partial charge on any atom is -0.487 e. The minimum absolute atomic E-state index is 0.170. The van der Waals surface area contributed by atoms with Gasteiger partial charge in [-0.05, 0) is 30.7 Å². The molecule has 1 aromatic heterocycles. The van der Waals surface area contributed by atoms with Gasteiger partial charge in [-0.25, -0.2) is 9.78 Å². The van der Waals surface area contributed by atoms with E-state index in [-0.39, 0.29) is 18.1 Å². The number of benzene rings is 1. The summed E-state index contributed by atoms with van der Waals surface area (Å²) in [6, 6.07) is 4.68. The largest absolute Gasteiger partial charge is 0.487 e. The number of rotatable bonds is 5. The monoisotopic (exact) mass is 306 g/mol. The fraction of sp³-hybridized carbons (Fsp3) is 0.214. The molecule has 6 nitrogen and oxygen atoms in total. The first-order valence-corrected chi connectivity index (χ1v) is 7.02. The van der Waals surface area contributed by atoms with Crippen LogP contribution in [0.4, 0.5) is 5.13 Å². The third kappa shape index (κ3) is 4.03. The molecule has 0 aliphatic rings. The molecule has 0 spiro atoms. The number of thiazole rings is 1. The van der Waals surface area contributed by atoms with Crippen LogP contribution < -0.4 is 10.1 Å². The van der Waals surface area contributed by atoms with E-state index in [1.54, 1.807) is 24.4 Å². The zero-order chi connectivity index (χ0) is 15.4. The number of aromatic carboxylic acids is 1. The van der Waals surface area contributed by atoms with Gasteiger partial charge < -0.3 is 15.2 Å². The number of carboxylic acids is 1. The van der Waals surface area contributed by atoms with Crippen LogP contribution >= 0.6 is 11.3 Å². The van der Waals surface area contributed by atoms with E-state index in [1.165, 1.54) is 24.3 Å². The quantitative estimate of drug-likeness (QED) is 0.886. The maximum atomic E-state index is 10.9. The number of ether oxygens (including phenoxy) is 1. The van der Waals surface area contributed by atoms with Gasteiger partial charge in [-0.1, -0.05) is 0 Å². The van der Waals surface area contributed by atoms with Crippen LogP contribution in [0.25, 0.3) is 0 Å². The first kappa shape index (κ1) is 15.0. The number of carboxylic acid groups (broad SMARTS) is 1. The van der Waals surface area contributed by atoms with Crippen molar-refractivity contribution in [3.8, 4) is 5.75 Å². The van der Waals surface area contributed by atoms with E-state index < -0.39 is 5.97 Å². The van der Waals surface area contributed by atoms with Crippen molar-refractivity contribution in [2.24, 2.45) is 0 Å². The molecular weight excluding hydrogens is 292 g/mol. The molecule has 0 atom stereocenters. The Balaban J connectivity index is 2.01. The molecule has 21 heavy (non-hydrogen) atoms. The van der Waals surface area contributed by atoms with Crippen molar-refractivity contribution in [2.45, 2.75) is 20.5 Å². The van der Waals surface area contributed by atoms with Crippen molar-refractivity contribution in [1.29, 1.82) is 0 Å². The number of aryl methyl sites for hydroxylation is 1. The van der Waals surface area contributed by atoms with Crippen molar-refractivity contribution in [3.63, 3.8) is 0 Å². The highest BCUT2D eigenvalue weighted by molar-refractivity contribution is 7.13. The lowest BCUT2D eigenvalue weighted by molar-refractivity contribution is -0.114. The van der Waals surface area contributed by atoms with E-state index in [0.29, 0.717) is 16.6 Å². The highest BCUT2D eigenvalue weighted by Crippen LogP contribution is 2.22. The topological polar surface area (TPSA) is 88.5 Å². The number of carbonyl (C=O) groups is 2. The maximum absolute atomic E-state index is 10.9. The number of nitrogens with zero attached hydrogens (tertiary/aromatic N) is 1. The number of aromatic nitrogens is 1. The highest BCUT2D eigenvalue weighted by atomic mass is 32.1. The van der Waals surface area contributed by atoms with Gasteiger partial charge in [0.2, 0.25) is 5.91 Å². The summed E-state index contributed by atoms with van der Waals surface area (Å²) in [4.78, 5) is 26.0. The Kier molecular flexibility index (Phi) is 4.54. The zero-order valence-electron chi connectivity index (χ0n) is 11.5. The highest BCUT2D eigenvalue weighted by Gasteiger charge is 2.08. The second kappa shape index (κ2) is 6.36. The summed E-state index contributed by atoms with van der Waals surface area (Å²) in [5.74, 6) is -0.532. The van der Waals surface area contributed by atoms with Crippen LogP contribution in [0.5, 0.6) is 5.75 Å². The number of hydrogen-bond donors (Lipinski definition) is 2. The Morgan fingerprint density at radius 3 is 2.81 bits per heavy atom. The van der Waals surface area contributed by atoms with E-state index in [0.717, 1.165) is 5.56 Å². The average molecular weight is 306 g/mol. The summed E-state index contributed by atoms with van der Waals surface area (Å²) in [7, 11) is 0. The molecular formula is C14H14N2O4S. The Labute approximate surface area is 125 Å². The van der Waals surface area contributed by atoms with Crippen LogP contribution in [0, 0.1) is 6.92 Å². The summed E-state index contributed by atoms with van der Waals surface area (Å²) in [5.41, 5.74) is 1.67. The normalized spacial score (nSPS) is 10.2. The van der Waals surface area contributed by atoms with Crippen LogP contribution in [0.1, 0.15) is 28.5 Å². The van der Waals surface area contributed by atoms with Gasteiger partial charge in [-0.15, -0.1) is 11.3 Å². The Morgan fingerprint density at radius 1 is 1.43 bits per heavy atom. The fourth-order valence-corrected chi connectivity index (χ4v) is 2.42. The Morgan fingerprint density at radius 2 is 2.19 bits per heavy atom. The van der Waals surface area contributed by atoms with Gasteiger partial charge in [0.25, 0.3) is 0 Å². The lowest BCUT2D eigenvalue weighted by atomic mass is 10.1. The van der Waals surface area contributed by atoms with Crippen LogP contribution in [0.3, 0.4) is 0 Å². The molecule has 1 heterocycles. The number of hydrogen-bond acceptors (Lipinski definition) is 5. The molecule has 2 aromatic rings. The molecule has 0 saturated heterocycles. The smallest absolute Gasteiger partial charge is 0.335 e. The van der Waals surface area contributed by atoms with E-state index in [4.69, 9.17) is 9.84 Å². The molecule has 2 N–H and O–H groups in total. The van der Waals surface area contributed by atoms with Crippen LogP contribution in [0.2, 0.25) is 0 Å². The Bertz CT molecular complexity index is 681. The Hall–Kier alpha value is -2.41. The second-order valence-electron chi connectivity index (χ2n) is 4.40. The molecule has 0 saturated carbocycles. The third-order valence-electron chi connectivity index (χ3n) is 2.63. The van der Waals surface area contributed by atoms with Crippen molar-refractivity contribution < 1.29 is 19.4 Å². The molecule has 1 amide bonds. The first-order valence-electron chi connectivity index (χ1n) is 6.14. The van der Waals surface area contributed by atoms with Crippen LogP contribution in [0.15, 0.2) is 23.6 Å². The molecule has 0 aliphatic heterocycles. The zero-order valence-corrected chi connectivity index (χ0v) is 12.4. The van der Waals surface area contributed by atoms with Crippen molar-refractivity contribution >= 4 is 28.3 Å². The predicted octanol–water partition coefficient (Wildman–Crippen LogP) is 2.69. The number of carbonyl (C=O) groups excluding carboxylic acids is 1. The van der Waals surface area contributed by atoms with Gasteiger partial charge >= 0.3 is 5.97 Å². The third-order valence-corrected chi connectivity index (χ3v) is 3.44. The van der Waals surface area contributed by atoms with E-state index in [2.05, 4.69) is 10.3 Å². The molecule has 0 bridgehead atoms. The molecule has 1 aromatic carbocycles. The fourth-order valence-electron chi connectivity index (χ4n) is 1.68. The summed E-state index contributed by atoms with van der Waals surface area (Å²) in [5, 5.41) is 13.8. The molecule has 0 aliphatic carbocycles. The van der Waals surface area contributed by atoms with Gasteiger partial charge in [0.05, 0.1) is 11.3 Å². The van der Waals surface area contributed by atoms with Crippen LogP contribution in [-0.4, -0.2) is 22.0 Å². The second-order valence-corrected chi connectivity index (χ2v) is 5.26. The van der Waals surface area contributed by atoms with E-state index >= 15 is 0 Å².